The van der Waals surface area contributed by atoms with E-state index in [1.165, 1.54) is 24.3 Å². The van der Waals surface area contributed by atoms with Gasteiger partial charge in [0.15, 0.2) is 5.76 Å². The number of ether oxygens (including phenoxy) is 2. The summed E-state index contributed by atoms with van der Waals surface area (Å²) >= 11 is 0. The van der Waals surface area contributed by atoms with E-state index < -0.39 is 5.82 Å². The smallest absolute Gasteiger partial charge is 0.336 e. The van der Waals surface area contributed by atoms with Gasteiger partial charge in [0.25, 0.3) is 5.91 Å². The molecule has 9 heteroatoms. The third-order valence-electron chi connectivity index (χ3n) is 4.32. The molecule has 0 saturated carbocycles. The number of aromatic nitrogens is 3. The van der Waals surface area contributed by atoms with Gasteiger partial charge in [-0.2, -0.15) is 4.98 Å². The maximum Gasteiger partial charge on any atom is 0.336 e. The molecule has 2 heterocycles. The van der Waals surface area contributed by atoms with Crippen molar-refractivity contribution < 1.29 is 23.1 Å². The molecule has 2 aromatic heterocycles. The highest BCUT2D eigenvalue weighted by atomic mass is 19.1. The van der Waals surface area contributed by atoms with E-state index in [0.717, 1.165) is 0 Å². The first-order valence-electron chi connectivity index (χ1n) is 9.44. The first-order valence-corrected chi connectivity index (χ1v) is 9.44. The van der Waals surface area contributed by atoms with Crippen LogP contribution in [0.15, 0.2) is 71.3 Å². The molecule has 0 unspecified atom stereocenters. The molecule has 1 amide bonds. The van der Waals surface area contributed by atoms with Crippen molar-refractivity contribution in [3.63, 3.8) is 0 Å². The van der Waals surface area contributed by atoms with E-state index in [2.05, 4.69) is 15.4 Å². The fraction of sp³-hybridized carbons (Fsp3) is 0.136. The van der Waals surface area contributed by atoms with Gasteiger partial charge in [-0.3, -0.25) is 4.79 Å². The average molecular weight is 422 g/mol. The quantitative estimate of drug-likeness (QED) is 0.433. The second kappa shape index (κ2) is 9.23. The number of rotatable bonds is 8. The number of nitrogens with zero attached hydrogens (tertiary/aromatic N) is 3. The minimum absolute atomic E-state index is 0.192. The molecule has 158 valence electrons. The number of carbonyl (C=O) groups is 1. The molecule has 0 saturated heterocycles. The minimum Gasteiger partial charge on any atom is -0.461 e. The van der Waals surface area contributed by atoms with Crippen molar-refractivity contribution in [3.8, 4) is 23.3 Å². The van der Waals surface area contributed by atoms with Crippen LogP contribution in [0.4, 0.5) is 10.1 Å². The van der Waals surface area contributed by atoms with E-state index in [0.29, 0.717) is 41.7 Å². The van der Waals surface area contributed by atoms with Crippen LogP contribution in [0.3, 0.4) is 0 Å². The maximum atomic E-state index is 13.0. The molecule has 0 aliphatic rings. The molecule has 0 spiro atoms. The van der Waals surface area contributed by atoms with Crippen LogP contribution in [0.25, 0.3) is 17.3 Å². The monoisotopic (exact) mass is 422 g/mol. The van der Waals surface area contributed by atoms with E-state index in [-0.39, 0.29) is 11.9 Å². The van der Waals surface area contributed by atoms with Gasteiger partial charge in [-0.25, -0.2) is 9.07 Å². The number of hydrogen-bond donors (Lipinski definition) is 1. The standard InChI is InChI=1S/C22H19FN4O4/c1-29-13-14-31-22-25-20(19-3-2-12-30-19)27(26-22)18-10-8-17(9-11-18)24-21(28)15-4-6-16(23)7-5-15/h2-12H,13-14H2,1H3,(H,24,28). The van der Waals surface area contributed by atoms with Gasteiger partial charge in [-0.1, -0.05) is 0 Å². The molecule has 4 rings (SSSR count). The topological polar surface area (TPSA) is 91.4 Å². The summed E-state index contributed by atoms with van der Waals surface area (Å²) in [6.07, 6.45) is 1.55. The van der Waals surface area contributed by atoms with Crippen molar-refractivity contribution >= 4 is 11.6 Å². The predicted octanol–water partition coefficient (Wildman–Crippen LogP) is 3.94. The van der Waals surface area contributed by atoms with Crippen LogP contribution in [-0.2, 0) is 4.74 Å². The molecule has 0 fully saturated rings. The largest absolute Gasteiger partial charge is 0.461 e. The van der Waals surface area contributed by atoms with E-state index in [4.69, 9.17) is 13.9 Å². The maximum absolute atomic E-state index is 13.0. The Labute approximate surface area is 177 Å². The van der Waals surface area contributed by atoms with E-state index in [1.807, 2.05) is 0 Å². The van der Waals surface area contributed by atoms with Crippen LogP contribution in [-0.4, -0.2) is 41.0 Å². The van der Waals surface area contributed by atoms with Crippen LogP contribution in [0.1, 0.15) is 10.4 Å². The van der Waals surface area contributed by atoms with Crippen molar-refractivity contribution in [1.82, 2.24) is 14.8 Å². The number of benzene rings is 2. The summed E-state index contributed by atoms with van der Waals surface area (Å²) in [5.74, 6) is 0.272. The highest BCUT2D eigenvalue weighted by Gasteiger charge is 2.17. The van der Waals surface area contributed by atoms with Gasteiger partial charge in [0, 0.05) is 18.4 Å². The number of nitrogens with one attached hydrogen (secondary N) is 1. The van der Waals surface area contributed by atoms with Gasteiger partial charge in [0.1, 0.15) is 12.4 Å². The Hall–Kier alpha value is -3.98. The zero-order valence-corrected chi connectivity index (χ0v) is 16.6. The highest BCUT2D eigenvalue weighted by Crippen LogP contribution is 2.25. The molecule has 0 radical (unpaired) electrons. The average Bonchev–Trinajstić information content (AvgIpc) is 3.45. The fourth-order valence-electron chi connectivity index (χ4n) is 2.81. The predicted molar refractivity (Wildman–Crippen MR) is 111 cm³/mol. The molecular formula is C22H19FN4O4. The van der Waals surface area contributed by atoms with Crippen LogP contribution >= 0.6 is 0 Å². The molecule has 0 aliphatic heterocycles. The molecule has 0 atom stereocenters. The van der Waals surface area contributed by atoms with Crippen LogP contribution in [0.2, 0.25) is 0 Å². The molecule has 2 aromatic carbocycles. The lowest BCUT2D eigenvalue weighted by molar-refractivity contribution is 0.102. The van der Waals surface area contributed by atoms with Gasteiger partial charge in [0.05, 0.1) is 18.6 Å². The lowest BCUT2D eigenvalue weighted by Crippen LogP contribution is -2.11. The van der Waals surface area contributed by atoms with Crippen LogP contribution in [0, 0.1) is 5.82 Å². The summed E-state index contributed by atoms with van der Waals surface area (Å²) in [6, 6.07) is 16.1. The van der Waals surface area contributed by atoms with E-state index in [1.54, 1.807) is 54.5 Å². The first-order chi connectivity index (χ1) is 15.1. The zero-order chi connectivity index (χ0) is 21.6. The van der Waals surface area contributed by atoms with Gasteiger partial charge >= 0.3 is 6.01 Å². The Kier molecular flexibility index (Phi) is 6.04. The lowest BCUT2D eigenvalue weighted by Gasteiger charge is -2.08. The van der Waals surface area contributed by atoms with Crippen molar-refractivity contribution in [2.45, 2.75) is 0 Å². The first kappa shape index (κ1) is 20.3. The molecule has 4 aromatic rings. The van der Waals surface area contributed by atoms with Gasteiger partial charge in [-0.15, -0.1) is 5.10 Å². The second-order valence-electron chi connectivity index (χ2n) is 6.46. The van der Waals surface area contributed by atoms with Crippen molar-refractivity contribution in [3.05, 3.63) is 78.3 Å². The summed E-state index contributed by atoms with van der Waals surface area (Å²) in [5.41, 5.74) is 1.63. The van der Waals surface area contributed by atoms with Crippen molar-refractivity contribution in [2.75, 3.05) is 25.6 Å². The number of anilines is 1. The molecule has 8 nitrogen and oxygen atoms in total. The Morgan fingerprint density at radius 3 is 2.55 bits per heavy atom. The number of carbonyl (C=O) groups excluding carboxylic acids is 1. The van der Waals surface area contributed by atoms with E-state index >= 15 is 0 Å². The number of amides is 1. The normalized spacial score (nSPS) is 10.8. The van der Waals surface area contributed by atoms with Gasteiger partial charge in [0.2, 0.25) is 5.82 Å². The Morgan fingerprint density at radius 1 is 1.10 bits per heavy atom. The van der Waals surface area contributed by atoms with Crippen molar-refractivity contribution in [1.29, 1.82) is 0 Å². The van der Waals surface area contributed by atoms with E-state index in [9.17, 15) is 9.18 Å². The number of furan rings is 1. The van der Waals surface area contributed by atoms with Gasteiger partial charge in [-0.05, 0) is 60.7 Å². The second-order valence-corrected chi connectivity index (χ2v) is 6.46. The van der Waals surface area contributed by atoms with Gasteiger partial charge < -0.3 is 19.2 Å². The number of hydrogen-bond acceptors (Lipinski definition) is 6. The zero-order valence-electron chi connectivity index (χ0n) is 16.6. The fourth-order valence-corrected chi connectivity index (χ4v) is 2.81. The lowest BCUT2D eigenvalue weighted by atomic mass is 10.2. The third-order valence-corrected chi connectivity index (χ3v) is 4.32. The molecule has 0 bridgehead atoms. The van der Waals surface area contributed by atoms with Crippen LogP contribution in [0.5, 0.6) is 6.01 Å². The number of halogens is 1. The Bertz CT molecular complexity index is 1140. The molecule has 0 aliphatic carbocycles. The van der Waals surface area contributed by atoms with Crippen LogP contribution < -0.4 is 10.1 Å². The molecule has 1 N–H and O–H groups in total. The summed E-state index contributed by atoms with van der Waals surface area (Å²) in [5, 5.41) is 7.17. The molecular weight excluding hydrogens is 403 g/mol. The summed E-state index contributed by atoms with van der Waals surface area (Å²) in [4.78, 5) is 16.7. The van der Waals surface area contributed by atoms with Crippen molar-refractivity contribution in [2.24, 2.45) is 0 Å². The molecule has 31 heavy (non-hydrogen) atoms. The Balaban J connectivity index is 1.55. The third kappa shape index (κ3) is 4.78. The SMILES string of the molecule is COCCOc1nc(-c2ccco2)n(-c2ccc(NC(=O)c3ccc(F)cc3)cc2)n1. The number of methoxy groups -OCH3 is 1. The highest BCUT2D eigenvalue weighted by molar-refractivity contribution is 6.04. The summed E-state index contributed by atoms with van der Waals surface area (Å²) in [6.45, 7) is 0.722. The summed E-state index contributed by atoms with van der Waals surface area (Å²) < 4.78 is 30.6. The minimum atomic E-state index is -0.397. The summed E-state index contributed by atoms with van der Waals surface area (Å²) in [7, 11) is 1.58. The Morgan fingerprint density at radius 2 is 1.87 bits per heavy atom.